The molecule has 1 amide bonds. The molecular formula is C15H11BrClNOS. The van der Waals surface area contributed by atoms with Crippen molar-refractivity contribution in [3.05, 3.63) is 63.6 Å². The Morgan fingerprint density at radius 2 is 1.75 bits per heavy atom. The average molecular weight is 369 g/mol. The highest BCUT2D eigenvalue weighted by Crippen LogP contribution is 2.42. The number of rotatable bonds is 2. The quantitative estimate of drug-likeness (QED) is 0.753. The second-order valence-corrected chi connectivity index (χ2v) is 6.88. The molecule has 2 aromatic carbocycles. The first-order valence-electron chi connectivity index (χ1n) is 6.10. The molecule has 2 nitrogen and oxygen atoms in total. The summed E-state index contributed by atoms with van der Waals surface area (Å²) in [5.41, 5.74) is 2.01. The number of anilines is 1. The van der Waals surface area contributed by atoms with E-state index >= 15 is 0 Å². The van der Waals surface area contributed by atoms with Crippen LogP contribution < -0.4 is 4.90 Å². The third kappa shape index (κ3) is 2.73. The number of carbonyl (C=O) groups excluding carboxylic acids is 1. The second-order valence-electron chi connectivity index (χ2n) is 4.46. The molecule has 2 aromatic rings. The summed E-state index contributed by atoms with van der Waals surface area (Å²) in [7, 11) is 0. The molecule has 1 unspecified atom stereocenters. The van der Waals surface area contributed by atoms with E-state index in [0.29, 0.717) is 10.8 Å². The van der Waals surface area contributed by atoms with E-state index in [1.807, 2.05) is 53.4 Å². The Bertz CT molecular complexity index is 629. The number of thioether (sulfide) groups is 1. The molecule has 1 aliphatic rings. The van der Waals surface area contributed by atoms with Crippen molar-refractivity contribution in [1.82, 2.24) is 0 Å². The minimum atomic E-state index is 0.0248. The zero-order valence-corrected chi connectivity index (χ0v) is 13.6. The van der Waals surface area contributed by atoms with Crippen LogP contribution in [0.25, 0.3) is 0 Å². The standard InChI is InChI=1S/C15H11BrClNOS/c16-11-3-1-10(2-4-11)15-18(14(19)9-20-15)13-7-5-12(17)6-8-13/h1-8,15H,9H2. The van der Waals surface area contributed by atoms with E-state index < -0.39 is 0 Å². The maximum atomic E-state index is 12.2. The summed E-state index contributed by atoms with van der Waals surface area (Å²) >= 11 is 11.0. The first-order chi connectivity index (χ1) is 9.65. The Hall–Kier alpha value is -0.970. The fraction of sp³-hybridized carbons (Fsp3) is 0.133. The van der Waals surface area contributed by atoms with Gasteiger partial charge in [0.15, 0.2) is 0 Å². The fourth-order valence-electron chi connectivity index (χ4n) is 2.18. The molecule has 0 N–H and O–H groups in total. The van der Waals surface area contributed by atoms with Gasteiger partial charge in [-0.3, -0.25) is 9.69 Å². The van der Waals surface area contributed by atoms with E-state index in [9.17, 15) is 4.79 Å². The van der Waals surface area contributed by atoms with Gasteiger partial charge in [0.05, 0.1) is 5.75 Å². The Morgan fingerprint density at radius 3 is 2.40 bits per heavy atom. The normalized spacial score (nSPS) is 18.6. The summed E-state index contributed by atoms with van der Waals surface area (Å²) in [5.74, 6) is 0.633. The summed E-state index contributed by atoms with van der Waals surface area (Å²) in [5, 5.41) is 0.699. The number of hydrogen-bond acceptors (Lipinski definition) is 2. The molecule has 1 aliphatic heterocycles. The molecule has 20 heavy (non-hydrogen) atoms. The molecule has 5 heteroatoms. The van der Waals surface area contributed by atoms with Crippen molar-refractivity contribution in [1.29, 1.82) is 0 Å². The van der Waals surface area contributed by atoms with Gasteiger partial charge in [0.1, 0.15) is 5.37 Å². The van der Waals surface area contributed by atoms with Crippen LogP contribution in [0.15, 0.2) is 53.0 Å². The fourth-order valence-corrected chi connectivity index (χ4v) is 3.75. The molecule has 0 bridgehead atoms. The monoisotopic (exact) mass is 367 g/mol. The Labute approximate surface area is 135 Å². The lowest BCUT2D eigenvalue weighted by Gasteiger charge is -2.24. The third-order valence-electron chi connectivity index (χ3n) is 3.13. The van der Waals surface area contributed by atoms with Crippen molar-refractivity contribution in [2.75, 3.05) is 10.7 Å². The van der Waals surface area contributed by atoms with E-state index in [1.54, 1.807) is 11.8 Å². The third-order valence-corrected chi connectivity index (χ3v) is 5.12. The van der Waals surface area contributed by atoms with E-state index in [2.05, 4.69) is 15.9 Å². The highest BCUT2D eigenvalue weighted by Gasteiger charge is 2.33. The molecular weight excluding hydrogens is 358 g/mol. The summed E-state index contributed by atoms with van der Waals surface area (Å²) in [6, 6.07) is 15.5. The van der Waals surface area contributed by atoms with E-state index in [1.165, 1.54) is 0 Å². The topological polar surface area (TPSA) is 20.3 Å². The molecule has 3 rings (SSSR count). The van der Waals surface area contributed by atoms with Crippen LogP contribution in [0.2, 0.25) is 5.02 Å². The lowest BCUT2D eigenvalue weighted by molar-refractivity contribution is -0.115. The van der Waals surface area contributed by atoms with Crippen LogP contribution in [0.3, 0.4) is 0 Å². The first-order valence-corrected chi connectivity index (χ1v) is 8.32. The number of nitrogens with zero attached hydrogens (tertiary/aromatic N) is 1. The minimum Gasteiger partial charge on any atom is -0.295 e. The molecule has 0 aromatic heterocycles. The smallest absolute Gasteiger partial charge is 0.238 e. The van der Waals surface area contributed by atoms with Crippen molar-refractivity contribution in [3.8, 4) is 0 Å². The van der Waals surface area contributed by atoms with E-state index in [4.69, 9.17) is 11.6 Å². The maximum Gasteiger partial charge on any atom is 0.238 e. The Morgan fingerprint density at radius 1 is 1.10 bits per heavy atom. The molecule has 1 heterocycles. The van der Waals surface area contributed by atoms with Gasteiger partial charge in [-0.05, 0) is 42.0 Å². The van der Waals surface area contributed by atoms with E-state index in [-0.39, 0.29) is 11.3 Å². The second kappa shape index (κ2) is 5.80. The highest BCUT2D eigenvalue weighted by atomic mass is 79.9. The minimum absolute atomic E-state index is 0.0248. The lowest BCUT2D eigenvalue weighted by Crippen LogP contribution is -2.27. The molecule has 0 aliphatic carbocycles. The Kier molecular flexibility index (Phi) is 4.06. The van der Waals surface area contributed by atoms with Crippen LogP contribution in [0.4, 0.5) is 5.69 Å². The largest absolute Gasteiger partial charge is 0.295 e. The van der Waals surface area contributed by atoms with Gasteiger partial charge in [0.25, 0.3) is 0 Å². The number of benzene rings is 2. The van der Waals surface area contributed by atoms with Gasteiger partial charge in [-0.25, -0.2) is 0 Å². The summed E-state index contributed by atoms with van der Waals surface area (Å²) in [4.78, 5) is 14.0. The molecule has 0 saturated carbocycles. The zero-order valence-electron chi connectivity index (χ0n) is 10.4. The first kappa shape index (κ1) is 14.0. The van der Waals surface area contributed by atoms with Crippen LogP contribution in [0.5, 0.6) is 0 Å². The molecule has 1 saturated heterocycles. The maximum absolute atomic E-state index is 12.2. The molecule has 102 valence electrons. The van der Waals surface area contributed by atoms with Crippen LogP contribution >= 0.6 is 39.3 Å². The highest BCUT2D eigenvalue weighted by molar-refractivity contribution is 9.10. The van der Waals surface area contributed by atoms with Crippen molar-refractivity contribution in [2.24, 2.45) is 0 Å². The number of amides is 1. The molecule has 1 fully saturated rings. The van der Waals surface area contributed by atoms with Crippen molar-refractivity contribution >= 4 is 50.9 Å². The van der Waals surface area contributed by atoms with Crippen LogP contribution in [0.1, 0.15) is 10.9 Å². The van der Waals surface area contributed by atoms with Gasteiger partial charge in [0, 0.05) is 15.2 Å². The predicted molar refractivity (Wildman–Crippen MR) is 88.3 cm³/mol. The summed E-state index contributed by atoms with van der Waals surface area (Å²) in [6.07, 6.45) is 0. The predicted octanol–water partition coefficient (Wildman–Crippen LogP) is 4.88. The number of hydrogen-bond donors (Lipinski definition) is 0. The zero-order chi connectivity index (χ0) is 14.1. The lowest BCUT2D eigenvalue weighted by atomic mass is 10.2. The van der Waals surface area contributed by atoms with Crippen LogP contribution in [-0.2, 0) is 4.79 Å². The van der Waals surface area contributed by atoms with Gasteiger partial charge in [-0.1, -0.05) is 39.7 Å². The van der Waals surface area contributed by atoms with Gasteiger partial charge < -0.3 is 0 Å². The SMILES string of the molecule is O=C1CSC(c2ccc(Br)cc2)N1c1ccc(Cl)cc1. The van der Waals surface area contributed by atoms with Crippen molar-refractivity contribution < 1.29 is 4.79 Å². The van der Waals surface area contributed by atoms with Gasteiger partial charge in [0.2, 0.25) is 5.91 Å². The van der Waals surface area contributed by atoms with Crippen molar-refractivity contribution in [2.45, 2.75) is 5.37 Å². The molecule has 0 spiro atoms. The summed E-state index contributed by atoms with van der Waals surface area (Å²) < 4.78 is 1.04. The summed E-state index contributed by atoms with van der Waals surface area (Å²) in [6.45, 7) is 0. The number of halogens is 2. The molecule has 1 atom stereocenters. The van der Waals surface area contributed by atoms with Gasteiger partial charge in [-0.2, -0.15) is 0 Å². The van der Waals surface area contributed by atoms with Gasteiger partial charge >= 0.3 is 0 Å². The Balaban J connectivity index is 1.96. The van der Waals surface area contributed by atoms with Gasteiger partial charge in [-0.15, -0.1) is 11.8 Å². The van der Waals surface area contributed by atoms with Crippen molar-refractivity contribution in [3.63, 3.8) is 0 Å². The average Bonchev–Trinajstić information content (AvgIpc) is 2.83. The van der Waals surface area contributed by atoms with E-state index in [0.717, 1.165) is 15.7 Å². The van der Waals surface area contributed by atoms with Crippen LogP contribution in [-0.4, -0.2) is 11.7 Å². The molecule has 0 radical (unpaired) electrons. The van der Waals surface area contributed by atoms with Crippen LogP contribution in [0, 0.1) is 0 Å². The number of carbonyl (C=O) groups is 1.